The molecule has 0 saturated heterocycles. The molecule has 3 amide bonds. The number of carbonyl (C=O) groups excluding carboxylic acids is 2. The Hall–Kier alpha value is -6.86. The highest BCUT2D eigenvalue weighted by Crippen LogP contribution is 2.39. The molecule has 2 aliphatic carbocycles. The highest BCUT2D eigenvalue weighted by Gasteiger charge is 2.30. The summed E-state index contributed by atoms with van der Waals surface area (Å²) >= 11 is 0. The van der Waals surface area contributed by atoms with Crippen molar-refractivity contribution in [3.05, 3.63) is 79.4 Å². The van der Waals surface area contributed by atoms with Gasteiger partial charge in [-0.1, -0.05) is 39.5 Å². The Bertz CT molecular complexity index is 3290. The van der Waals surface area contributed by atoms with Gasteiger partial charge in [0.2, 0.25) is 5.91 Å². The summed E-state index contributed by atoms with van der Waals surface area (Å²) in [5.74, 6) is -0.0705. The molecule has 0 bridgehead atoms. The molecule has 2 aliphatic rings. The number of hydrogen-bond donors (Lipinski definition) is 4. The van der Waals surface area contributed by atoms with E-state index in [4.69, 9.17) is 29.4 Å². The molecule has 2 saturated carbocycles. The molecule has 4 atom stereocenters. The van der Waals surface area contributed by atoms with Crippen molar-refractivity contribution in [1.29, 1.82) is 0 Å². The number of halogens is 2. The number of hydrogen-bond acceptors (Lipinski definition) is 10. The lowest BCUT2D eigenvalue weighted by atomic mass is 9.90. The monoisotopic (exact) mass is 1070 g/mol. The predicted octanol–water partition coefficient (Wildman–Crippen LogP) is 12.1. The van der Waals surface area contributed by atoms with Gasteiger partial charge in [0.1, 0.15) is 34.2 Å². The van der Waals surface area contributed by atoms with E-state index >= 15 is 4.39 Å². The number of amides is 3. The first kappa shape index (κ1) is 54.5. The predicted molar refractivity (Wildman–Crippen MR) is 299 cm³/mol. The lowest BCUT2D eigenvalue weighted by molar-refractivity contribution is -0.122. The first-order valence-corrected chi connectivity index (χ1v) is 28.7. The van der Waals surface area contributed by atoms with Gasteiger partial charge in [-0.3, -0.25) is 9.36 Å². The molecule has 8 aromatic rings. The molecule has 17 nitrogen and oxygen atoms in total. The van der Waals surface area contributed by atoms with Gasteiger partial charge in [0.05, 0.1) is 23.5 Å². The molecular weight excluding hydrogens is 993 g/mol. The average Bonchev–Trinajstić information content (AvgIpc) is 4.39. The van der Waals surface area contributed by atoms with Crippen LogP contribution in [0.1, 0.15) is 154 Å². The number of nitrogens with zero attached hydrogens (tertiary/aromatic N) is 9. The van der Waals surface area contributed by atoms with Crippen LogP contribution in [0, 0.1) is 11.6 Å². The first-order chi connectivity index (χ1) is 38.2. The molecular formula is C59H75F2N13O4. The Kier molecular flexibility index (Phi) is 18.3. The van der Waals surface area contributed by atoms with Crippen molar-refractivity contribution in [3.8, 4) is 28.5 Å². The number of aromatic nitrogens is 10. The second-order valence-electron chi connectivity index (χ2n) is 21.4. The fraction of sp³-hybridized carbons (Fsp3) is 0.525. The van der Waals surface area contributed by atoms with E-state index in [1.807, 2.05) is 29.2 Å². The minimum atomic E-state index is -0.496. The van der Waals surface area contributed by atoms with E-state index in [9.17, 15) is 14.0 Å². The first-order valence-electron chi connectivity index (χ1n) is 28.7. The van der Waals surface area contributed by atoms with Crippen LogP contribution in [0.15, 0.2) is 67.8 Å². The average molecular weight is 1070 g/mol. The van der Waals surface area contributed by atoms with Crippen LogP contribution in [-0.4, -0.2) is 106 Å². The number of rotatable bonds is 26. The van der Waals surface area contributed by atoms with Crippen LogP contribution in [0.4, 0.5) is 13.6 Å². The van der Waals surface area contributed by atoms with E-state index in [0.717, 1.165) is 121 Å². The molecule has 4 N–H and O–H groups in total. The second kappa shape index (κ2) is 26.2. The SMILES string of the molecule is CCCCCOCCCCCNC(=O)N[C@H]1CCC[C@@H](n2cc(-n3cc(-c4ncc5ccn([C@@H]6CCC[C@H](NC(=O)CCCCOCCCCC)C6)c5n4)c4cc(F)cnc43)c3cnc(-c4c[nH]c5ncc(F)cc45)nc32)C1. The van der Waals surface area contributed by atoms with Crippen molar-refractivity contribution in [2.24, 2.45) is 0 Å². The van der Waals surface area contributed by atoms with E-state index in [2.05, 4.69) is 60.1 Å². The number of ether oxygens (including phenoxy) is 2. The standard InChI is InChI=1S/C59H75F2N13O4/c1-3-5-10-24-77-26-12-7-9-22-62-59(76)69-43-17-15-19-45(31-43)73-38-51(49-36-66-54(71-58(49)73)48-35-65-53-46(48)28-40(60)33-64-53)74-37-50(47-29-41(61)34-67-57(47)74)55-63-32-39-21-23-72(56(39)70-55)44-18-14-16-42(30-44)68-52(75)20-8-13-27-78-25-11-6-4-2/h21,23,28-29,32-38,42-45H,3-20,22,24-27,30-31H2,1-2H3,(H,64,65)(H,68,75)(H2,62,69,76)/t42-,43-,44+,45+/m0/s1. The lowest BCUT2D eigenvalue weighted by Gasteiger charge is -2.31. The van der Waals surface area contributed by atoms with Crippen molar-refractivity contribution in [2.45, 2.75) is 166 Å². The fourth-order valence-electron chi connectivity index (χ4n) is 11.5. The highest BCUT2D eigenvalue weighted by molar-refractivity contribution is 5.98. The molecule has 0 radical (unpaired) electrons. The van der Waals surface area contributed by atoms with Crippen LogP contribution in [0.3, 0.4) is 0 Å². The van der Waals surface area contributed by atoms with Crippen LogP contribution < -0.4 is 16.0 Å². The topological polar surface area (TPSA) is 197 Å². The Morgan fingerprint density at radius 2 is 1.31 bits per heavy atom. The minimum Gasteiger partial charge on any atom is -0.381 e. The maximum absolute atomic E-state index is 15.4. The number of pyridine rings is 2. The minimum absolute atomic E-state index is 0.0582. The number of unbranched alkanes of at least 4 members (excludes halogenated alkanes) is 7. The lowest BCUT2D eigenvalue weighted by Crippen LogP contribution is -2.44. The fourth-order valence-corrected chi connectivity index (χ4v) is 11.5. The van der Waals surface area contributed by atoms with Gasteiger partial charge in [-0.25, -0.2) is 43.5 Å². The number of nitrogens with one attached hydrogen (secondary N) is 4. The third-order valence-corrected chi connectivity index (χ3v) is 15.6. The molecule has 0 aliphatic heterocycles. The third kappa shape index (κ3) is 13.0. The van der Waals surface area contributed by atoms with Crippen molar-refractivity contribution >= 4 is 56.1 Å². The van der Waals surface area contributed by atoms with Gasteiger partial charge >= 0.3 is 6.03 Å². The number of aromatic amines is 1. The van der Waals surface area contributed by atoms with E-state index in [-0.39, 0.29) is 36.1 Å². The second-order valence-corrected chi connectivity index (χ2v) is 21.4. The van der Waals surface area contributed by atoms with Gasteiger partial charge in [-0.2, -0.15) is 0 Å². The summed E-state index contributed by atoms with van der Waals surface area (Å²) in [6.45, 7) is 7.99. The number of fused-ring (bicyclic) bond motifs is 4. The van der Waals surface area contributed by atoms with Gasteiger partial charge in [-0.05, 0) is 115 Å². The molecule has 414 valence electrons. The van der Waals surface area contributed by atoms with Crippen LogP contribution in [0.5, 0.6) is 0 Å². The summed E-state index contributed by atoms with van der Waals surface area (Å²) in [7, 11) is 0. The van der Waals surface area contributed by atoms with E-state index < -0.39 is 11.6 Å². The van der Waals surface area contributed by atoms with Gasteiger partial charge < -0.3 is 39.5 Å². The summed E-state index contributed by atoms with van der Waals surface area (Å²) < 4.78 is 47.8. The van der Waals surface area contributed by atoms with Gasteiger partial charge in [0, 0.05) is 128 Å². The molecule has 0 spiro atoms. The number of H-pyrrole nitrogens is 1. The van der Waals surface area contributed by atoms with Crippen molar-refractivity contribution in [2.75, 3.05) is 33.0 Å². The molecule has 8 heterocycles. The Morgan fingerprint density at radius 3 is 2.06 bits per heavy atom. The van der Waals surface area contributed by atoms with Crippen LogP contribution in [0.2, 0.25) is 0 Å². The quantitative estimate of drug-likeness (QED) is 0.0379. The largest absolute Gasteiger partial charge is 0.381 e. The molecule has 8 aromatic heterocycles. The van der Waals surface area contributed by atoms with Gasteiger partial charge in [0.25, 0.3) is 0 Å². The van der Waals surface area contributed by atoms with Crippen LogP contribution in [0.25, 0.3) is 72.6 Å². The van der Waals surface area contributed by atoms with E-state index in [1.54, 1.807) is 12.4 Å². The van der Waals surface area contributed by atoms with Gasteiger partial charge in [0.15, 0.2) is 11.6 Å². The third-order valence-electron chi connectivity index (χ3n) is 15.6. The summed E-state index contributed by atoms with van der Waals surface area (Å²) in [6, 6.07) is 4.77. The molecule has 2 fully saturated rings. The molecule has 78 heavy (non-hydrogen) atoms. The number of carbonyl (C=O) groups is 2. The highest BCUT2D eigenvalue weighted by atomic mass is 19.1. The Morgan fingerprint density at radius 1 is 0.654 bits per heavy atom. The maximum atomic E-state index is 15.4. The van der Waals surface area contributed by atoms with Gasteiger partial charge in [-0.15, -0.1) is 0 Å². The van der Waals surface area contributed by atoms with E-state index in [1.165, 1.54) is 50.2 Å². The molecule has 0 aromatic carbocycles. The summed E-state index contributed by atoms with van der Waals surface area (Å²) in [6.07, 6.45) is 32.4. The summed E-state index contributed by atoms with van der Waals surface area (Å²) in [4.78, 5) is 58.5. The maximum Gasteiger partial charge on any atom is 0.315 e. The van der Waals surface area contributed by atoms with Crippen molar-refractivity contribution < 1.29 is 27.8 Å². The number of urea groups is 1. The Labute approximate surface area is 454 Å². The van der Waals surface area contributed by atoms with Crippen molar-refractivity contribution in [1.82, 2.24) is 64.5 Å². The normalized spacial score (nSPS) is 17.9. The van der Waals surface area contributed by atoms with Crippen LogP contribution >= 0.6 is 0 Å². The van der Waals surface area contributed by atoms with E-state index in [0.29, 0.717) is 87.6 Å². The zero-order valence-corrected chi connectivity index (χ0v) is 45.3. The zero-order chi connectivity index (χ0) is 53.8. The zero-order valence-electron chi connectivity index (χ0n) is 45.3. The van der Waals surface area contributed by atoms with Crippen molar-refractivity contribution in [3.63, 3.8) is 0 Å². The molecule has 19 heteroatoms. The summed E-state index contributed by atoms with van der Waals surface area (Å²) in [5, 5.41) is 12.3. The summed E-state index contributed by atoms with van der Waals surface area (Å²) in [5.41, 5.74) is 4.34. The smallest absolute Gasteiger partial charge is 0.315 e. The van der Waals surface area contributed by atoms with Crippen LogP contribution in [-0.2, 0) is 14.3 Å². The molecule has 10 rings (SSSR count). The molecule has 0 unspecified atom stereocenters. The Balaban J connectivity index is 0.902.